The number of aliphatic hydroxyl groups excluding tert-OH is 1. The fraction of sp³-hybridized carbons (Fsp3) is 0.588. The van der Waals surface area contributed by atoms with Crippen LogP contribution in [0.1, 0.15) is 51.2 Å². The van der Waals surface area contributed by atoms with E-state index in [1.165, 1.54) is 13.0 Å². The first-order chi connectivity index (χ1) is 10.9. The average molecular weight is 326 g/mol. The van der Waals surface area contributed by atoms with E-state index < -0.39 is 17.7 Å². The quantitative estimate of drug-likeness (QED) is 0.779. The molecule has 2 unspecified atom stereocenters. The van der Waals surface area contributed by atoms with Crippen molar-refractivity contribution in [1.29, 1.82) is 0 Å². The molecule has 0 heterocycles. The summed E-state index contributed by atoms with van der Waals surface area (Å²) in [6.07, 6.45) is 2.69. The summed E-state index contributed by atoms with van der Waals surface area (Å²) >= 11 is 0. The van der Waals surface area contributed by atoms with E-state index in [0.29, 0.717) is 5.56 Å². The standard InChI is InChI=1S/C17H24F2N2O2/c1-10(17(23)12-3-8-15(18)16(19)9-12)20-13-4-6-14(7-5-13)21-11(2)22/h3,8-10,13-14,17,20,23H,4-7H2,1-2H3,(H,21,22). The van der Waals surface area contributed by atoms with Gasteiger partial charge in [-0.05, 0) is 50.3 Å². The van der Waals surface area contributed by atoms with Gasteiger partial charge in [0.05, 0.1) is 6.10 Å². The zero-order chi connectivity index (χ0) is 17.0. The van der Waals surface area contributed by atoms with Gasteiger partial charge in [-0.1, -0.05) is 6.07 Å². The van der Waals surface area contributed by atoms with Crippen molar-refractivity contribution in [2.75, 3.05) is 0 Å². The minimum atomic E-state index is -0.954. The molecule has 2 rings (SSSR count). The summed E-state index contributed by atoms with van der Waals surface area (Å²) in [5.41, 5.74) is 0.357. The van der Waals surface area contributed by atoms with E-state index in [0.717, 1.165) is 37.8 Å². The highest BCUT2D eigenvalue weighted by Crippen LogP contribution is 2.23. The third kappa shape index (κ3) is 4.97. The van der Waals surface area contributed by atoms with Gasteiger partial charge in [0.1, 0.15) is 0 Å². The van der Waals surface area contributed by atoms with Gasteiger partial charge in [0, 0.05) is 25.0 Å². The molecule has 23 heavy (non-hydrogen) atoms. The lowest BCUT2D eigenvalue weighted by Crippen LogP contribution is -2.45. The van der Waals surface area contributed by atoms with Gasteiger partial charge in [-0.2, -0.15) is 0 Å². The Balaban J connectivity index is 1.85. The average Bonchev–Trinajstić information content (AvgIpc) is 2.50. The van der Waals surface area contributed by atoms with E-state index in [2.05, 4.69) is 10.6 Å². The topological polar surface area (TPSA) is 61.4 Å². The predicted molar refractivity (Wildman–Crippen MR) is 83.8 cm³/mol. The molecular formula is C17H24F2N2O2. The fourth-order valence-corrected chi connectivity index (χ4v) is 3.14. The largest absolute Gasteiger partial charge is 0.387 e. The van der Waals surface area contributed by atoms with Gasteiger partial charge in [0.25, 0.3) is 0 Å². The first kappa shape index (κ1) is 17.8. The van der Waals surface area contributed by atoms with E-state index in [1.54, 1.807) is 0 Å². The van der Waals surface area contributed by atoms with E-state index in [-0.39, 0.29) is 24.0 Å². The number of nitrogens with one attached hydrogen (secondary N) is 2. The maximum absolute atomic E-state index is 13.3. The SMILES string of the molecule is CC(=O)NC1CCC(NC(C)C(O)c2ccc(F)c(F)c2)CC1. The van der Waals surface area contributed by atoms with E-state index in [1.807, 2.05) is 6.92 Å². The highest BCUT2D eigenvalue weighted by Gasteiger charge is 2.25. The molecule has 3 N–H and O–H groups in total. The lowest BCUT2D eigenvalue weighted by atomic mass is 9.90. The summed E-state index contributed by atoms with van der Waals surface area (Å²) < 4.78 is 26.2. The summed E-state index contributed by atoms with van der Waals surface area (Å²) in [5.74, 6) is -1.88. The molecule has 0 saturated heterocycles. The van der Waals surface area contributed by atoms with Crippen LogP contribution in [0.2, 0.25) is 0 Å². The minimum Gasteiger partial charge on any atom is -0.387 e. The number of halogens is 2. The zero-order valence-electron chi connectivity index (χ0n) is 13.5. The Kier molecular flexibility index (Phi) is 6.07. The lowest BCUT2D eigenvalue weighted by molar-refractivity contribution is -0.119. The Morgan fingerprint density at radius 2 is 1.78 bits per heavy atom. The molecule has 0 aliphatic heterocycles. The number of benzene rings is 1. The lowest BCUT2D eigenvalue weighted by Gasteiger charge is -2.33. The van der Waals surface area contributed by atoms with Crippen molar-refractivity contribution in [3.8, 4) is 0 Å². The Hall–Kier alpha value is -1.53. The fourth-order valence-electron chi connectivity index (χ4n) is 3.14. The normalized spacial score (nSPS) is 24.0. The molecule has 128 valence electrons. The molecule has 1 aliphatic rings. The van der Waals surface area contributed by atoms with Crippen molar-refractivity contribution in [3.05, 3.63) is 35.4 Å². The summed E-state index contributed by atoms with van der Waals surface area (Å²) in [5, 5.41) is 16.6. The van der Waals surface area contributed by atoms with Gasteiger partial charge < -0.3 is 15.7 Å². The first-order valence-electron chi connectivity index (χ1n) is 8.03. The molecule has 1 aromatic carbocycles. The van der Waals surface area contributed by atoms with Crippen LogP contribution in [0, 0.1) is 11.6 Å². The third-order valence-electron chi connectivity index (χ3n) is 4.39. The van der Waals surface area contributed by atoms with Crippen LogP contribution in [0.3, 0.4) is 0 Å². The van der Waals surface area contributed by atoms with Gasteiger partial charge in [0.2, 0.25) is 5.91 Å². The Bertz CT molecular complexity index is 545. The van der Waals surface area contributed by atoms with Crippen LogP contribution in [0.4, 0.5) is 8.78 Å². The van der Waals surface area contributed by atoms with E-state index >= 15 is 0 Å². The van der Waals surface area contributed by atoms with E-state index in [9.17, 15) is 18.7 Å². The minimum absolute atomic E-state index is 0.0106. The number of hydrogen-bond donors (Lipinski definition) is 3. The second-order valence-electron chi connectivity index (χ2n) is 6.32. The van der Waals surface area contributed by atoms with Gasteiger partial charge in [-0.3, -0.25) is 4.79 Å². The van der Waals surface area contributed by atoms with E-state index in [4.69, 9.17) is 0 Å². The molecule has 1 fully saturated rings. The van der Waals surface area contributed by atoms with Gasteiger partial charge >= 0.3 is 0 Å². The molecule has 4 nitrogen and oxygen atoms in total. The second-order valence-corrected chi connectivity index (χ2v) is 6.32. The van der Waals surface area contributed by atoms with Crippen molar-refractivity contribution in [1.82, 2.24) is 10.6 Å². The zero-order valence-corrected chi connectivity index (χ0v) is 13.5. The summed E-state index contributed by atoms with van der Waals surface area (Å²) in [4.78, 5) is 11.1. The number of rotatable bonds is 5. The molecule has 1 saturated carbocycles. The smallest absolute Gasteiger partial charge is 0.217 e. The van der Waals surface area contributed by atoms with Crippen molar-refractivity contribution < 1.29 is 18.7 Å². The van der Waals surface area contributed by atoms with Crippen LogP contribution in [0.15, 0.2) is 18.2 Å². The van der Waals surface area contributed by atoms with Crippen LogP contribution in [0.5, 0.6) is 0 Å². The van der Waals surface area contributed by atoms with Gasteiger partial charge in [-0.15, -0.1) is 0 Å². The van der Waals surface area contributed by atoms with Crippen LogP contribution in [-0.2, 0) is 4.79 Å². The molecule has 0 spiro atoms. The van der Waals surface area contributed by atoms with Gasteiger partial charge in [-0.25, -0.2) is 8.78 Å². The molecule has 2 atom stereocenters. The Labute approximate surface area is 135 Å². The maximum atomic E-state index is 13.3. The summed E-state index contributed by atoms with van der Waals surface area (Å²) in [6, 6.07) is 3.65. The Morgan fingerprint density at radius 1 is 1.17 bits per heavy atom. The highest BCUT2D eigenvalue weighted by atomic mass is 19.2. The third-order valence-corrected chi connectivity index (χ3v) is 4.39. The highest BCUT2D eigenvalue weighted by molar-refractivity contribution is 5.73. The van der Waals surface area contributed by atoms with Crippen molar-refractivity contribution in [2.24, 2.45) is 0 Å². The maximum Gasteiger partial charge on any atom is 0.217 e. The number of hydrogen-bond acceptors (Lipinski definition) is 3. The summed E-state index contributed by atoms with van der Waals surface area (Å²) in [6.45, 7) is 3.34. The second kappa shape index (κ2) is 7.84. The van der Waals surface area contributed by atoms with Crippen LogP contribution < -0.4 is 10.6 Å². The molecule has 0 aromatic heterocycles. The predicted octanol–water partition coefficient (Wildman–Crippen LogP) is 2.42. The van der Waals surface area contributed by atoms with Crippen molar-refractivity contribution in [2.45, 2.75) is 63.8 Å². The molecule has 1 aliphatic carbocycles. The number of amides is 1. The van der Waals surface area contributed by atoms with Crippen LogP contribution in [0.25, 0.3) is 0 Å². The first-order valence-corrected chi connectivity index (χ1v) is 8.03. The van der Waals surface area contributed by atoms with Crippen LogP contribution in [-0.4, -0.2) is 29.1 Å². The Morgan fingerprint density at radius 3 is 2.35 bits per heavy atom. The molecule has 1 amide bonds. The summed E-state index contributed by atoms with van der Waals surface area (Å²) in [7, 11) is 0. The number of aliphatic hydroxyl groups is 1. The van der Waals surface area contributed by atoms with Crippen LogP contribution >= 0.6 is 0 Å². The monoisotopic (exact) mass is 326 g/mol. The molecule has 6 heteroatoms. The van der Waals surface area contributed by atoms with Crippen molar-refractivity contribution >= 4 is 5.91 Å². The number of carbonyl (C=O) groups is 1. The molecule has 0 radical (unpaired) electrons. The van der Waals surface area contributed by atoms with Gasteiger partial charge in [0.15, 0.2) is 11.6 Å². The molecule has 1 aromatic rings. The number of carbonyl (C=O) groups excluding carboxylic acids is 1. The molecular weight excluding hydrogens is 302 g/mol. The molecule has 0 bridgehead atoms. The van der Waals surface area contributed by atoms with Crippen molar-refractivity contribution in [3.63, 3.8) is 0 Å².